The van der Waals surface area contributed by atoms with Crippen LogP contribution in [0.2, 0.25) is 0 Å². The highest BCUT2D eigenvalue weighted by molar-refractivity contribution is 5.88. The van der Waals surface area contributed by atoms with E-state index in [1.807, 2.05) is 30.5 Å². The summed E-state index contributed by atoms with van der Waals surface area (Å²) in [7, 11) is 0. The molecule has 6 heteroatoms. The van der Waals surface area contributed by atoms with Gasteiger partial charge in [0, 0.05) is 17.8 Å². The number of fused-ring (bicyclic) bond motifs is 1. The summed E-state index contributed by atoms with van der Waals surface area (Å²) in [6.07, 6.45) is 5.00. The highest BCUT2D eigenvalue weighted by Gasteiger charge is 2.03. The lowest BCUT2D eigenvalue weighted by Gasteiger charge is -1.98. The minimum Gasteiger partial charge on any atom is -0.454 e. The van der Waals surface area contributed by atoms with Crippen LogP contribution in [0, 0.1) is 6.92 Å². The van der Waals surface area contributed by atoms with Crippen molar-refractivity contribution in [1.29, 1.82) is 0 Å². The minimum absolute atomic E-state index is 0.0599. The Morgan fingerprint density at radius 3 is 3.10 bits per heavy atom. The SMILES string of the molecule is Cc1nc(COC(=O)/C=C/c2ccc3[nH]ccc3c2)n[nH]1. The maximum absolute atomic E-state index is 11.6. The van der Waals surface area contributed by atoms with E-state index in [1.165, 1.54) is 6.08 Å². The van der Waals surface area contributed by atoms with Gasteiger partial charge in [-0.1, -0.05) is 6.07 Å². The second-order valence-corrected chi connectivity index (χ2v) is 4.60. The number of hydrogen-bond donors (Lipinski definition) is 2. The van der Waals surface area contributed by atoms with Crippen molar-refractivity contribution in [3.63, 3.8) is 0 Å². The molecule has 2 aromatic heterocycles. The molecule has 106 valence electrons. The van der Waals surface area contributed by atoms with Gasteiger partial charge in [0.2, 0.25) is 0 Å². The molecule has 0 aliphatic carbocycles. The molecule has 3 aromatic rings. The maximum Gasteiger partial charge on any atom is 0.331 e. The van der Waals surface area contributed by atoms with Gasteiger partial charge in [0.25, 0.3) is 0 Å². The van der Waals surface area contributed by atoms with Gasteiger partial charge in [0.15, 0.2) is 12.4 Å². The number of nitrogens with zero attached hydrogens (tertiary/aromatic N) is 2. The van der Waals surface area contributed by atoms with E-state index in [-0.39, 0.29) is 6.61 Å². The molecule has 0 aliphatic heterocycles. The fraction of sp³-hybridized carbons (Fsp3) is 0.133. The summed E-state index contributed by atoms with van der Waals surface area (Å²) in [5.74, 6) is 0.728. The summed E-state index contributed by atoms with van der Waals surface area (Å²) in [6, 6.07) is 7.88. The molecule has 0 aliphatic rings. The fourth-order valence-electron chi connectivity index (χ4n) is 1.98. The number of ether oxygens (including phenoxy) is 1. The van der Waals surface area contributed by atoms with Crippen molar-refractivity contribution in [3.05, 3.63) is 53.8 Å². The Balaban J connectivity index is 1.60. The van der Waals surface area contributed by atoms with Crippen molar-refractivity contribution in [2.75, 3.05) is 0 Å². The number of nitrogens with one attached hydrogen (secondary N) is 2. The number of carbonyl (C=O) groups excluding carboxylic acids is 1. The van der Waals surface area contributed by atoms with E-state index in [2.05, 4.69) is 20.2 Å². The summed E-state index contributed by atoms with van der Waals surface area (Å²) in [5, 5.41) is 7.68. The van der Waals surface area contributed by atoms with E-state index in [1.54, 1.807) is 13.0 Å². The molecule has 0 spiro atoms. The Morgan fingerprint density at radius 1 is 1.38 bits per heavy atom. The molecule has 21 heavy (non-hydrogen) atoms. The topological polar surface area (TPSA) is 83.7 Å². The standard InChI is InChI=1S/C15H14N4O2/c1-10-17-14(19-18-10)9-21-15(20)5-3-11-2-4-13-12(8-11)6-7-16-13/h2-8,16H,9H2,1H3,(H,17,18,19)/b5-3+. The molecule has 2 N–H and O–H groups in total. The van der Waals surface area contributed by atoms with Gasteiger partial charge in [-0.3, -0.25) is 5.10 Å². The number of hydrogen-bond acceptors (Lipinski definition) is 4. The molecule has 3 rings (SSSR count). The van der Waals surface area contributed by atoms with Crippen molar-refractivity contribution in [2.45, 2.75) is 13.5 Å². The molecule has 0 saturated heterocycles. The normalized spacial score (nSPS) is 11.3. The largest absolute Gasteiger partial charge is 0.454 e. The Labute approximate surface area is 120 Å². The summed E-state index contributed by atoms with van der Waals surface area (Å²) < 4.78 is 5.06. The quantitative estimate of drug-likeness (QED) is 0.568. The van der Waals surface area contributed by atoms with Gasteiger partial charge in [0.1, 0.15) is 5.82 Å². The van der Waals surface area contributed by atoms with Crippen LogP contribution in [-0.4, -0.2) is 26.1 Å². The molecule has 0 radical (unpaired) electrons. The zero-order chi connectivity index (χ0) is 14.7. The first-order valence-electron chi connectivity index (χ1n) is 6.50. The number of aromatic nitrogens is 4. The first-order valence-corrected chi connectivity index (χ1v) is 6.50. The summed E-state index contributed by atoms with van der Waals surface area (Å²) in [5.41, 5.74) is 2.00. The minimum atomic E-state index is -0.424. The molecular weight excluding hydrogens is 268 g/mol. The number of rotatable bonds is 4. The summed E-state index contributed by atoms with van der Waals surface area (Å²) >= 11 is 0. The zero-order valence-corrected chi connectivity index (χ0v) is 11.5. The lowest BCUT2D eigenvalue weighted by Crippen LogP contribution is -2.02. The van der Waals surface area contributed by atoms with E-state index in [4.69, 9.17) is 4.74 Å². The van der Waals surface area contributed by atoms with Crippen molar-refractivity contribution in [2.24, 2.45) is 0 Å². The molecule has 1 aromatic carbocycles. The Morgan fingerprint density at radius 2 is 2.29 bits per heavy atom. The smallest absolute Gasteiger partial charge is 0.331 e. The Kier molecular flexibility index (Phi) is 3.51. The third-order valence-electron chi connectivity index (χ3n) is 2.98. The molecule has 0 atom stereocenters. The van der Waals surface area contributed by atoms with Crippen LogP contribution in [0.4, 0.5) is 0 Å². The predicted octanol–water partition coefficient (Wildman–Crippen LogP) is 2.35. The van der Waals surface area contributed by atoms with Crippen LogP contribution in [0.3, 0.4) is 0 Å². The van der Waals surface area contributed by atoms with E-state index in [0.717, 1.165) is 16.5 Å². The predicted molar refractivity (Wildman–Crippen MR) is 78.2 cm³/mol. The number of benzene rings is 1. The molecule has 0 unspecified atom stereocenters. The van der Waals surface area contributed by atoms with Crippen molar-refractivity contribution < 1.29 is 9.53 Å². The van der Waals surface area contributed by atoms with E-state index < -0.39 is 5.97 Å². The molecule has 6 nitrogen and oxygen atoms in total. The molecule has 0 saturated carbocycles. The first kappa shape index (κ1) is 13.1. The molecule has 0 amide bonds. The van der Waals surface area contributed by atoms with Gasteiger partial charge >= 0.3 is 5.97 Å². The van der Waals surface area contributed by atoms with E-state index in [0.29, 0.717) is 11.6 Å². The van der Waals surface area contributed by atoms with Crippen molar-refractivity contribution in [3.8, 4) is 0 Å². The maximum atomic E-state index is 11.6. The Bertz CT molecular complexity index is 801. The first-order chi connectivity index (χ1) is 10.2. The lowest BCUT2D eigenvalue weighted by atomic mass is 10.1. The Hall–Kier alpha value is -2.89. The average Bonchev–Trinajstić information content (AvgIpc) is 3.10. The van der Waals surface area contributed by atoms with Gasteiger partial charge in [-0.2, -0.15) is 5.10 Å². The van der Waals surface area contributed by atoms with Crippen LogP contribution in [0.5, 0.6) is 0 Å². The highest BCUT2D eigenvalue weighted by Crippen LogP contribution is 2.15. The van der Waals surface area contributed by atoms with Gasteiger partial charge in [-0.05, 0) is 42.1 Å². The van der Waals surface area contributed by atoms with Crippen molar-refractivity contribution in [1.82, 2.24) is 20.2 Å². The van der Waals surface area contributed by atoms with E-state index >= 15 is 0 Å². The second-order valence-electron chi connectivity index (χ2n) is 4.60. The molecule has 2 heterocycles. The summed E-state index contributed by atoms with van der Waals surface area (Å²) in [4.78, 5) is 18.8. The highest BCUT2D eigenvalue weighted by atomic mass is 16.5. The van der Waals surface area contributed by atoms with Crippen molar-refractivity contribution >= 4 is 22.9 Å². The summed E-state index contributed by atoms with van der Waals surface area (Å²) in [6.45, 7) is 1.85. The zero-order valence-electron chi connectivity index (χ0n) is 11.5. The number of aromatic amines is 2. The monoisotopic (exact) mass is 282 g/mol. The number of H-pyrrole nitrogens is 2. The van der Waals surface area contributed by atoms with Crippen LogP contribution in [-0.2, 0) is 16.1 Å². The van der Waals surface area contributed by atoms with Gasteiger partial charge in [0.05, 0.1) is 0 Å². The van der Waals surface area contributed by atoms with E-state index in [9.17, 15) is 4.79 Å². The van der Waals surface area contributed by atoms with Crippen LogP contribution in [0.25, 0.3) is 17.0 Å². The molecular formula is C15H14N4O2. The fourth-order valence-corrected chi connectivity index (χ4v) is 1.98. The number of esters is 1. The van der Waals surface area contributed by atoms with Crippen LogP contribution in [0.1, 0.15) is 17.2 Å². The third kappa shape index (κ3) is 3.17. The molecule has 0 fully saturated rings. The number of aryl methyl sites for hydroxylation is 1. The van der Waals surface area contributed by atoms with Crippen LogP contribution < -0.4 is 0 Å². The average molecular weight is 282 g/mol. The molecule has 0 bridgehead atoms. The van der Waals surface area contributed by atoms with Gasteiger partial charge in [-0.25, -0.2) is 9.78 Å². The number of carbonyl (C=O) groups is 1. The van der Waals surface area contributed by atoms with Crippen LogP contribution >= 0.6 is 0 Å². The second kappa shape index (κ2) is 5.62. The third-order valence-corrected chi connectivity index (χ3v) is 2.98. The van der Waals surface area contributed by atoms with Gasteiger partial charge < -0.3 is 9.72 Å². The van der Waals surface area contributed by atoms with Gasteiger partial charge in [-0.15, -0.1) is 0 Å². The lowest BCUT2D eigenvalue weighted by molar-refractivity contribution is -0.139. The van der Waals surface area contributed by atoms with Crippen LogP contribution in [0.15, 0.2) is 36.5 Å².